The first-order chi connectivity index (χ1) is 8.91. The molecular weight excluding hydrogens is 266 g/mol. The van der Waals surface area contributed by atoms with Gasteiger partial charge in [-0.1, -0.05) is 12.8 Å². The molecule has 1 aliphatic carbocycles. The minimum atomic E-state index is -1.03. The summed E-state index contributed by atoms with van der Waals surface area (Å²) in [5.74, 6) is -1.26. The van der Waals surface area contributed by atoms with Crippen molar-refractivity contribution in [2.24, 2.45) is 0 Å². The van der Waals surface area contributed by atoms with E-state index in [0.29, 0.717) is 11.4 Å². The molecule has 104 valence electrons. The highest BCUT2D eigenvalue weighted by molar-refractivity contribution is 7.15. The van der Waals surface area contributed by atoms with Crippen LogP contribution in [0.1, 0.15) is 45.0 Å². The van der Waals surface area contributed by atoms with E-state index in [-0.39, 0.29) is 10.8 Å². The van der Waals surface area contributed by atoms with E-state index in [1.807, 2.05) is 0 Å². The van der Waals surface area contributed by atoms with Gasteiger partial charge in [0.25, 0.3) is 5.91 Å². The van der Waals surface area contributed by atoms with Gasteiger partial charge < -0.3 is 15.1 Å². The maximum atomic E-state index is 12.1. The van der Waals surface area contributed by atoms with E-state index in [2.05, 4.69) is 0 Å². The van der Waals surface area contributed by atoms with E-state index in [1.165, 1.54) is 17.0 Å². The summed E-state index contributed by atoms with van der Waals surface area (Å²) in [5, 5.41) is 19.1. The van der Waals surface area contributed by atoms with Crippen LogP contribution in [0.25, 0.3) is 0 Å². The third kappa shape index (κ3) is 3.13. The molecular formula is C13H17NO4S. The predicted octanol–water partition coefficient (Wildman–Crippen LogP) is 1.82. The summed E-state index contributed by atoms with van der Waals surface area (Å²) >= 11 is 0.962. The number of carboxylic acid groups (broad SMARTS) is 1. The lowest BCUT2D eigenvalue weighted by Crippen LogP contribution is -2.41. The smallest absolute Gasteiger partial charge is 0.345 e. The molecule has 1 aromatic rings. The molecule has 0 saturated heterocycles. The van der Waals surface area contributed by atoms with Gasteiger partial charge in [0.2, 0.25) is 0 Å². The molecule has 1 saturated carbocycles. The van der Waals surface area contributed by atoms with Crippen molar-refractivity contribution in [2.75, 3.05) is 13.6 Å². The molecule has 1 aromatic heterocycles. The first-order valence-electron chi connectivity index (χ1n) is 6.22. The number of carbonyl (C=O) groups excluding carboxylic acids is 1. The molecule has 2 N–H and O–H groups in total. The standard InChI is InChI=1S/C13H17NO4S/c1-14(8-13(18)6-2-3-7-13)11(15)9-4-5-10(19-9)12(16)17/h4-5,18H,2-3,6-8H2,1H3,(H,16,17). The molecule has 0 radical (unpaired) electrons. The van der Waals surface area contributed by atoms with Gasteiger partial charge in [-0.3, -0.25) is 4.79 Å². The van der Waals surface area contributed by atoms with E-state index >= 15 is 0 Å². The van der Waals surface area contributed by atoms with Gasteiger partial charge in [-0.25, -0.2) is 4.79 Å². The van der Waals surface area contributed by atoms with E-state index < -0.39 is 11.6 Å². The average molecular weight is 283 g/mol. The molecule has 5 nitrogen and oxygen atoms in total. The lowest BCUT2D eigenvalue weighted by atomic mass is 10.0. The Bertz CT molecular complexity index is 491. The number of carbonyl (C=O) groups is 2. The third-order valence-electron chi connectivity index (χ3n) is 3.44. The van der Waals surface area contributed by atoms with Gasteiger partial charge in [-0.2, -0.15) is 0 Å². The van der Waals surface area contributed by atoms with Crippen molar-refractivity contribution in [2.45, 2.75) is 31.3 Å². The Morgan fingerprint density at radius 1 is 1.32 bits per heavy atom. The Balaban J connectivity index is 2.03. The van der Waals surface area contributed by atoms with Gasteiger partial charge in [-0.05, 0) is 25.0 Å². The van der Waals surface area contributed by atoms with Gasteiger partial charge in [0, 0.05) is 13.6 Å². The van der Waals surface area contributed by atoms with Crippen LogP contribution in [-0.4, -0.2) is 46.2 Å². The van der Waals surface area contributed by atoms with Gasteiger partial charge in [0.1, 0.15) is 4.88 Å². The third-order valence-corrected chi connectivity index (χ3v) is 4.50. The Kier molecular flexibility index (Phi) is 3.91. The maximum absolute atomic E-state index is 12.1. The minimum absolute atomic E-state index is 0.149. The van der Waals surface area contributed by atoms with Crippen LogP contribution in [0.3, 0.4) is 0 Å². The first-order valence-corrected chi connectivity index (χ1v) is 7.04. The van der Waals surface area contributed by atoms with Crippen molar-refractivity contribution >= 4 is 23.2 Å². The molecule has 1 heterocycles. The van der Waals surface area contributed by atoms with Crippen molar-refractivity contribution in [3.8, 4) is 0 Å². The molecule has 0 unspecified atom stereocenters. The quantitative estimate of drug-likeness (QED) is 0.883. The Morgan fingerprint density at radius 2 is 1.89 bits per heavy atom. The van der Waals surface area contributed by atoms with Crippen molar-refractivity contribution in [1.82, 2.24) is 4.90 Å². The van der Waals surface area contributed by atoms with Crippen LogP contribution in [0.4, 0.5) is 0 Å². The van der Waals surface area contributed by atoms with E-state index in [0.717, 1.165) is 37.0 Å². The second kappa shape index (κ2) is 5.30. The molecule has 6 heteroatoms. The maximum Gasteiger partial charge on any atom is 0.345 e. The van der Waals surface area contributed by atoms with Gasteiger partial charge >= 0.3 is 5.97 Å². The minimum Gasteiger partial charge on any atom is -0.477 e. The number of amides is 1. The lowest BCUT2D eigenvalue weighted by Gasteiger charge is -2.28. The summed E-state index contributed by atoms with van der Waals surface area (Å²) in [6.07, 6.45) is 3.41. The van der Waals surface area contributed by atoms with Crippen molar-refractivity contribution in [1.29, 1.82) is 0 Å². The highest BCUT2D eigenvalue weighted by Crippen LogP contribution is 2.30. The molecule has 19 heavy (non-hydrogen) atoms. The Hall–Kier alpha value is -1.40. The first kappa shape index (κ1) is 14.0. The van der Waals surface area contributed by atoms with Crippen LogP contribution in [0.15, 0.2) is 12.1 Å². The SMILES string of the molecule is CN(CC1(O)CCCC1)C(=O)c1ccc(C(=O)O)s1. The molecule has 0 spiro atoms. The zero-order valence-electron chi connectivity index (χ0n) is 10.8. The summed E-state index contributed by atoms with van der Waals surface area (Å²) in [5.41, 5.74) is -0.780. The number of likely N-dealkylation sites (N-methyl/N-ethyl adjacent to an activating group) is 1. The van der Waals surface area contributed by atoms with E-state index in [1.54, 1.807) is 7.05 Å². The molecule has 0 bridgehead atoms. The number of hydrogen-bond donors (Lipinski definition) is 2. The topological polar surface area (TPSA) is 77.8 Å². The number of nitrogens with zero attached hydrogens (tertiary/aromatic N) is 1. The lowest BCUT2D eigenvalue weighted by molar-refractivity contribution is 0.0158. The van der Waals surface area contributed by atoms with E-state index in [9.17, 15) is 14.7 Å². The summed E-state index contributed by atoms with van der Waals surface area (Å²) in [7, 11) is 1.64. The van der Waals surface area contributed by atoms with Crippen LogP contribution < -0.4 is 0 Å². The second-order valence-corrected chi connectivity index (χ2v) is 6.15. The van der Waals surface area contributed by atoms with E-state index in [4.69, 9.17) is 5.11 Å². The molecule has 2 rings (SSSR count). The molecule has 0 aromatic carbocycles. The average Bonchev–Trinajstić information content (AvgIpc) is 2.97. The fraction of sp³-hybridized carbons (Fsp3) is 0.538. The number of aliphatic hydroxyl groups is 1. The van der Waals surface area contributed by atoms with Crippen LogP contribution in [-0.2, 0) is 0 Å². The summed E-state index contributed by atoms with van der Waals surface area (Å²) in [4.78, 5) is 24.9. The Labute approximate surface area is 115 Å². The van der Waals surface area contributed by atoms with Crippen LogP contribution in [0.2, 0.25) is 0 Å². The fourth-order valence-electron chi connectivity index (χ4n) is 2.46. The molecule has 1 fully saturated rings. The molecule has 1 amide bonds. The molecule has 1 aliphatic rings. The Morgan fingerprint density at radius 3 is 2.42 bits per heavy atom. The largest absolute Gasteiger partial charge is 0.477 e. The fourth-order valence-corrected chi connectivity index (χ4v) is 3.30. The van der Waals surface area contributed by atoms with Crippen LogP contribution in [0, 0.1) is 0 Å². The van der Waals surface area contributed by atoms with Crippen LogP contribution >= 0.6 is 11.3 Å². The second-order valence-electron chi connectivity index (χ2n) is 5.06. The van der Waals surface area contributed by atoms with Gasteiger partial charge in [0.15, 0.2) is 0 Å². The highest BCUT2D eigenvalue weighted by Gasteiger charge is 2.33. The van der Waals surface area contributed by atoms with Crippen LogP contribution in [0.5, 0.6) is 0 Å². The zero-order valence-corrected chi connectivity index (χ0v) is 11.6. The number of aromatic carboxylic acids is 1. The van der Waals surface area contributed by atoms with Gasteiger partial charge in [-0.15, -0.1) is 11.3 Å². The van der Waals surface area contributed by atoms with Crippen molar-refractivity contribution < 1.29 is 19.8 Å². The number of rotatable bonds is 4. The molecule has 0 atom stereocenters. The van der Waals surface area contributed by atoms with Crippen molar-refractivity contribution in [3.05, 3.63) is 21.9 Å². The number of hydrogen-bond acceptors (Lipinski definition) is 4. The summed E-state index contributed by atoms with van der Waals surface area (Å²) in [6, 6.07) is 2.95. The van der Waals surface area contributed by atoms with Crippen molar-refractivity contribution in [3.63, 3.8) is 0 Å². The number of thiophene rings is 1. The normalized spacial score (nSPS) is 17.4. The monoisotopic (exact) mass is 283 g/mol. The molecule has 0 aliphatic heterocycles. The van der Waals surface area contributed by atoms with Gasteiger partial charge in [0.05, 0.1) is 10.5 Å². The zero-order chi connectivity index (χ0) is 14.0. The number of carboxylic acids is 1. The summed E-state index contributed by atoms with van der Waals surface area (Å²) in [6.45, 7) is 0.298. The highest BCUT2D eigenvalue weighted by atomic mass is 32.1. The summed E-state index contributed by atoms with van der Waals surface area (Å²) < 4.78 is 0. The predicted molar refractivity (Wildman–Crippen MR) is 71.7 cm³/mol.